The first-order valence-corrected chi connectivity index (χ1v) is 8.30. The molecule has 1 atom stereocenters. The third-order valence-corrected chi connectivity index (χ3v) is 4.41. The van der Waals surface area contributed by atoms with E-state index in [9.17, 15) is 9.59 Å². The summed E-state index contributed by atoms with van der Waals surface area (Å²) in [4.78, 5) is 23.3. The molecule has 0 spiro atoms. The molecule has 0 aliphatic rings. The molecule has 3 rings (SSSR count). The minimum Gasteiger partial charge on any atom is -0.489 e. The van der Waals surface area contributed by atoms with Gasteiger partial charge in [-0.2, -0.15) is 0 Å². The number of aromatic nitrogens is 1. The van der Waals surface area contributed by atoms with Crippen molar-refractivity contribution < 1.29 is 14.3 Å². The van der Waals surface area contributed by atoms with Crippen LogP contribution in [0.1, 0.15) is 41.3 Å². The average Bonchev–Trinajstić information content (AvgIpc) is 2.95. The van der Waals surface area contributed by atoms with Crippen LogP contribution < -0.4 is 4.74 Å². The third-order valence-electron chi connectivity index (χ3n) is 4.41. The maximum Gasteiger partial charge on any atom is 0.227 e. The van der Waals surface area contributed by atoms with Crippen molar-refractivity contribution >= 4 is 23.1 Å². The number of rotatable bonds is 5. The molecule has 0 aliphatic heterocycles. The van der Waals surface area contributed by atoms with Crippen LogP contribution in [0, 0.1) is 6.92 Å². The molecule has 0 N–H and O–H groups in total. The van der Waals surface area contributed by atoms with Crippen LogP contribution >= 0.6 is 0 Å². The topological polar surface area (TPSA) is 48.3 Å². The smallest absolute Gasteiger partial charge is 0.227 e. The molecule has 25 heavy (non-hydrogen) atoms. The Kier molecular flexibility index (Phi) is 4.70. The maximum absolute atomic E-state index is 11.9. The van der Waals surface area contributed by atoms with Crippen molar-refractivity contribution in [1.82, 2.24) is 4.57 Å². The van der Waals surface area contributed by atoms with E-state index in [1.54, 1.807) is 4.57 Å². The number of hydrogen-bond donors (Lipinski definition) is 0. The van der Waals surface area contributed by atoms with E-state index in [2.05, 4.69) is 0 Å². The third kappa shape index (κ3) is 3.33. The first kappa shape index (κ1) is 17.0. The van der Waals surface area contributed by atoms with Crippen LogP contribution in [0.2, 0.25) is 0 Å². The van der Waals surface area contributed by atoms with Gasteiger partial charge < -0.3 is 9.53 Å². The molecule has 0 bridgehead atoms. The molecule has 1 unspecified atom stereocenters. The quantitative estimate of drug-likeness (QED) is 0.645. The lowest BCUT2D eigenvalue weighted by molar-refractivity contribution is -0.108. The van der Waals surface area contributed by atoms with Gasteiger partial charge in [-0.1, -0.05) is 37.3 Å². The fourth-order valence-electron chi connectivity index (χ4n) is 2.98. The van der Waals surface area contributed by atoms with Gasteiger partial charge >= 0.3 is 0 Å². The van der Waals surface area contributed by atoms with Crippen LogP contribution in [0.4, 0.5) is 0 Å². The first-order chi connectivity index (χ1) is 12.0. The van der Waals surface area contributed by atoms with Gasteiger partial charge in [-0.25, -0.2) is 0 Å². The highest BCUT2D eigenvalue weighted by Gasteiger charge is 2.17. The second-order valence-electron chi connectivity index (χ2n) is 6.31. The molecule has 3 aromatic rings. The van der Waals surface area contributed by atoms with Gasteiger partial charge in [0.15, 0.2) is 0 Å². The van der Waals surface area contributed by atoms with E-state index in [-0.39, 0.29) is 11.8 Å². The molecule has 128 valence electrons. The molecule has 4 nitrogen and oxygen atoms in total. The van der Waals surface area contributed by atoms with E-state index in [0.717, 1.165) is 33.9 Å². The van der Waals surface area contributed by atoms with Crippen molar-refractivity contribution in [2.75, 3.05) is 0 Å². The van der Waals surface area contributed by atoms with Crippen molar-refractivity contribution in [2.45, 2.75) is 33.3 Å². The molecule has 0 aliphatic carbocycles. The van der Waals surface area contributed by atoms with Crippen LogP contribution in [0.25, 0.3) is 10.9 Å². The van der Waals surface area contributed by atoms with Gasteiger partial charge in [0.05, 0.1) is 5.52 Å². The number of carbonyl (C=O) groups is 2. The van der Waals surface area contributed by atoms with Gasteiger partial charge in [0.25, 0.3) is 0 Å². The lowest BCUT2D eigenvalue weighted by Gasteiger charge is -2.15. The van der Waals surface area contributed by atoms with Crippen molar-refractivity contribution in [2.24, 2.45) is 0 Å². The highest BCUT2D eigenvalue weighted by atomic mass is 16.5. The number of nitrogens with zero attached hydrogens (tertiary/aromatic N) is 1. The van der Waals surface area contributed by atoms with Crippen LogP contribution in [-0.2, 0) is 11.4 Å². The molecule has 2 aromatic carbocycles. The highest BCUT2D eigenvalue weighted by Crippen LogP contribution is 2.33. The Bertz CT molecular complexity index is 925. The monoisotopic (exact) mass is 335 g/mol. The van der Waals surface area contributed by atoms with Crippen LogP contribution in [0.15, 0.2) is 48.7 Å². The average molecular weight is 335 g/mol. The van der Waals surface area contributed by atoms with E-state index >= 15 is 0 Å². The summed E-state index contributed by atoms with van der Waals surface area (Å²) in [7, 11) is 0. The summed E-state index contributed by atoms with van der Waals surface area (Å²) in [5.41, 5.74) is 3.68. The van der Waals surface area contributed by atoms with E-state index in [1.807, 2.05) is 62.5 Å². The van der Waals surface area contributed by atoms with Crippen molar-refractivity contribution in [3.63, 3.8) is 0 Å². The molecular weight excluding hydrogens is 314 g/mol. The number of hydrogen-bond acceptors (Lipinski definition) is 3. The Morgan fingerprint density at radius 1 is 1.24 bits per heavy atom. The predicted octanol–water partition coefficient (Wildman–Crippen LogP) is 4.49. The lowest BCUT2D eigenvalue weighted by atomic mass is 9.99. The van der Waals surface area contributed by atoms with E-state index in [4.69, 9.17) is 4.74 Å². The summed E-state index contributed by atoms with van der Waals surface area (Å²) in [6.07, 6.45) is 2.73. The summed E-state index contributed by atoms with van der Waals surface area (Å²) in [5, 5.41) is 0.964. The Labute approximate surface area is 147 Å². The minimum absolute atomic E-state index is 0.0525. The van der Waals surface area contributed by atoms with Gasteiger partial charge in [-0.3, -0.25) is 9.36 Å². The van der Waals surface area contributed by atoms with Crippen molar-refractivity contribution in [3.8, 4) is 5.75 Å². The van der Waals surface area contributed by atoms with Gasteiger partial charge in [-0.15, -0.1) is 0 Å². The van der Waals surface area contributed by atoms with Crippen LogP contribution in [0.5, 0.6) is 5.75 Å². The summed E-state index contributed by atoms with van der Waals surface area (Å²) in [5.74, 6) is 0.301. The van der Waals surface area contributed by atoms with E-state index in [1.165, 1.54) is 6.92 Å². The Morgan fingerprint density at radius 2 is 1.96 bits per heavy atom. The number of fused-ring (bicyclic) bond motifs is 1. The zero-order valence-corrected chi connectivity index (χ0v) is 14.7. The summed E-state index contributed by atoms with van der Waals surface area (Å²) < 4.78 is 7.64. The summed E-state index contributed by atoms with van der Waals surface area (Å²) in [6, 6.07) is 13.7. The standard InChI is InChI=1S/C21H21NO3/c1-14-11-22(16(3)24)20-10-21(19(9-18(14)20)15(2)12-23)25-13-17-7-5-4-6-8-17/h4-12,15H,13H2,1-3H3. The number of ether oxygens (including phenoxy) is 1. The first-order valence-electron chi connectivity index (χ1n) is 8.30. The fraction of sp³-hybridized carbons (Fsp3) is 0.238. The predicted molar refractivity (Wildman–Crippen MR) is 98.2 cm³/mol. The summed E-state index contributed by atoms with van der Waals surface area (Å²) >= 11 is 0. The molecule has 1 heterocycles. The number of aryl methyl sites for hydroxylation is 1. The molecule has 0 fully saturated rings. The second-order valence-corrected chi connectivity index (χ2v) is 6.31. The molecule has 1 aromatic heterocycles. The normalized spacial score (nSPS) is 12.1. The molecule has 0 saturated heterocycles. The minimum atomic E-state index is -0.282. The fourth-order valence-corrected chi connectivity index (χ4v) is 2.98. The Balaban J connectivity index is 2.08. The molecule has 0 radical (unpaired) electrons. The molecular formula is C21H21NO3. The van der Waals surface area contributed by atoms with Gasteiger partial charge in [0, 0.05) is 36.1 Å². The number of benzene rings is 2. The summed E-state index contributed by atoms with van der Waals surface area (Å²) in [6.45, 7) is 5.75. The van der Waals surface area contributed by atoms with Gasteiger partial charge in [0.2, 0.25) is 5.91 Å². The highest BCUT2D eigenvalue weighted by molar-refractivity contribution is 5.95. The zero-order valence-electron chi connectivity index (χ0n) is 14.7. The van der Waals surface area contributed by atoms with Crippen molar-refractivity contribution in [3.05, 3.63) is 65.4 Å². The molecule has 0 amide bonds. The number of aldehydes is 1. The largest absolute Gasteiger partial charge is 0.489 e. The Morgan fingerprint density at radius 3 is 2.60 bits per heavy atom. The Hall–Kier alpha value is -2.88. The van der Waals surface area contributed by atoms with E-state index in [0.29, 0.717) is 12.4 Å². The van der Waals surface area contributed by atoms with E-state index < -0.39 is 0 Å². The zero-order chi connectivity index (χ0) is 18.0. The van der Waals surface area contributed by atoms with Gasteiger partial charge in [-0.05, 0) is 24.1 Å². The van der Waals surface area contributed by atoms with Gasteiger partial charge in [0.1, 0.15) is 18.6 Å². The van der Waals surface area contributed by atoms with Crippen LogP contribution in [-0.4, -0.2) is 16.8 Å². The SMILES string of the molecule is CC(=O)n1cc(C)c2cc(C(C)C=O)c(OCc3ccccc3)cc21. The number of carbonyl (C=O) groups excluding carboxylic acids is 2. The second kappa shape index (κ2) is 6.93. The molecule has 4 heteroatoms. The maximum atomic E-state index is 11.9. The lowest BCUT2D eigenvalue weighted by Crippen LogP contribution is -2.05. The molecule has 0 saturated carbocycles. The van der Waals surface area contributed by atoms with Crippen molar-refractivity contribution in [1.29, 1.82) is 0 Å². The van der Waals surface area contributed by atoms with Crippen LogP contribution in [0.3, 0.4) is 0 Å².